The van der Waals surface area contributed by atoms with E-state index in [1.165, 1.54) is 11.9 Å². The second-order valence-electron chi connectivity index (χ2n) is 6.03. The Labute approximate surface area is 155 Å². The van der Waals surface area contributed by atoms with Crippen LogP contribution in [-0.4, -0.2) is 43.4 Å². The van der Waals surface area contributed by atoms with E-state index in [4.69, 9.17) is 0 Å². The van der Waals surface area contributed by atoms with Crippen LogP contribution >= 0.6 is 0 Å². The number of likely N-dealkylation sites (N-methyl/N-ethyl adjacent to an activating group) is 1. The maximum atomic E-state index is 13.5. The number of nitrogens with one attached hydrogen (secondary N) is 2. The summed E-state index contributed by atoms with van der Waals surface area (Å²) in [5.74, 6) is -5.38. The van der Waals surface area contributed by atoms with Gasteiger partial charge in [-0.15, -0.1) is 0 Å². The average Bonchev–Trinajstić information content (AvgIpc) is 2.63. The smallest absolute Gasteiger partial charge is 0.238 e. The van der Waals surface area contributed by atoms with Crippen LogP contribution in [0.1, 0.15) is 5.56 Å². The summed E-state index contributed by atoms with van der Waals surface area (Å²) in [5, 5.41) is 4.90. The molecule has 0 atom stereocenters. The molecule has 0 unspecified atom stereocenters. The summed E-state index contributed by atoms with van der Waals surface area (Å²) in [6.07, 6.45) is 0.687. The summed E-state index contributed by atoms with van der Waals surface area (Å²) in [5.41, 5.74) is 0.638. The number of carbonyl (C=O) groups is 2. The van der Waals surface area contributed by atoms with Crippen LogP contribution in [0.25, 0.3) is 0 Å². The fraction of sp³-hybridized carbons (Fsp3) is 0.263. The molecule has 2 aromatic carbocycles. The van der Waals surface area contributed by atoms with Gasteiger partial charge in [0.1, 0.15) is 0 Å². The second-order valence-corrected chi connectivity index (χ2v) is 6.03. The molecule has 0 saturated carbocycles. The fourth-order valence-electron chi connectivity index (χ4n) is 2.41. The first-order valence-electron chi connectivity index (χ1n) is 8.29. The molecule has 8 heteroatoms. The third-order valence-electron chi connectivity index (χ3n) is 3.71. The maximum absolute atomic E-state index is 13.5. The zero-order chi connectivity index (χ0) is 19.8. The predicted molar refractivity (Wildman–Crippen MR) is 95.6 cm³/mol. The minimum Gasteiger partial charge on any atom is -0.355 e. The molecule has 0 aliphatic rings. The van der Waals surface area contributed by atoms with Gasteiger partial charge in [0.25, 0.3) is 0 Å². The highest BCUT2D eigenvalue weighted by Gasteiger charge is 2.16. The molecule has 0 aliphatic carbocycles. The van der Waals surface area contributed by atoms with Crippen molar-refractivity contribution in [3.05, 3.63) is 65.5 Å². The fourth-order valence-corrected chi connectivity index (χ4v) is 2.41. The summed E-state index contributed by atoms with van der Waals surface area (Å²) >= 11 is 0. The average molecular weight is 379 g/mol. The standard InChI is InChI=1S/C19H20F3N3O2/c1-25(11-16(26)23-10-9-13-5-3-2-4-6-13)12-17(27)24-15-8-7-14(20)18(21)19(15)22/h2-8H,9-12H2,1H3,(H,23,26)(H,24,27). The molecule has 0 fully saturated rings. The largest absolute Gasteiger partial charge is 0.355 e. The molecule has 2 rings (SSSR count). The molecule has 0 heterocycles. The summed E-state index contributed by atoms with van der Waals surface area (Å²) in [7, 11) is 1.54. The van der Waals surface area contributed by atoms with Gasteiger partial charge in [-0.2, -0.15) is 0 Å². The lowest BCUT2D eigenvalue weighted by Crippen LogP contribution is -2.39. The first kappa shape index (κ1) is 20.4. The molecule has 2 N–H and O–H groups in total. The normalized spacial score (nSPS) is 10.7. The number of halogens is 3. The minimum atomic E-state index is -1.65. The molecular weight excluding hydrogens is 359 g/mol. The Bertz CT molecular complexity index is 800. The summed E-state index contributed by atoms with van der Waals surface area (Å²) in [6.45, 7) is 0.204. The van der Waals surface area contributed by atoms with Gasteiger partial charge in [-0.3, -0.25) is 14.5 Å². The number of hydrogen-bond acceptors (Lipinski definition) is 3. The van der Waals surface area contributed by atoms with E-state index in [2.05, 4.69) is 10.6 Å². The number of amides is 2. The minimum absolute atomic E-state index is 0.0392. The highest BCUT2D eigenvalue weighted by molar-refractivity contribution is 5.92. The molecule has 144 valence electrons. The van der Waals surface area contributed by atoms with Gasteiger partial charge < -0.3 is 10.6 Å². The Morgan fingerprint density at radius 1 is 0.926 bits per heavy atom. The van der Waals surface area contributed by atoms with Crippen LogP contribution in [0, 0.1) is 17.5 Å². The number of rotatable bonds is 8. The summed E-state index contributed by atoms with van der Waals surface area (Å²) in [4.78, 5) is 25.2. The summed E-state index contributed by atoms with van der Waals surface area (Å²) < 4.78 is 39.6. The lowest BCUT2D eigenvalue weighted by molar-refractivity contribution is -0.122. The van der Waals surface area contributed by atoms with Crippen LogP contribution in [0.2, 0.25) is 0 Å². The van der Waals surface area contributed by atoms with Crippen molar-refractivity contribution in [3.63, 3.8) is 0 Å². The van der Waals surface area contributed by atoms with Crippen molar-refractivity contribution in [1.29, 1.82) is 0 Å². The molecule has 0 bridgehead atoms. The third kappa shape index (κ3) is 6.41. The molecule has 27 heavy (non-hydrogen) atoms. The number of anilines is 1. The third-order valence-corrected chi connectivity index (χ3v) is 3.71. The van der Waals surface area contributed by atoms with E-state index >= 15 is 0 Å². The first-order chi connectivity index (χ1) is 12.9. The van der Waals surface area contributed by atoms with Gasteiger partial charge in [0, 0.05) is 6.54 Å². The van der Waals surface area contributed by atoms with Crippen LogP contribution in [0.15, 0.2) is 42.5 Å². The van der Waals surface area contributed by atoms with Gasteiger partial charge in [-0.25, -0.2) is 13.2 Å². The van der Waals surface area contributed by atoms with Crippen LogP contribution in [-0.2, 0) is 16.0 Å². The van der Waals surface area contributed by atoms with Gasteiger partial charge in [0.15, 0.2) is 17.5 Å². The quantitative estimate of drug-likeness (QED) is 0.692. The van der Waals surface area contributed by atoms with Crippen LogP contribution in [0.4, 0.5) is 18.9 Å². The van der Waals surface area contributed by atoms with Crippen molar-refractivity contribution >= 4 is 17.5 Å². The number of hydrogen-bond donors (Lipinski definition) is 2. The molecule has 2 aromatic rings. The highest BCUT2D eigenvalue weighted by atomic mass is 19.2. The maximum Gasteiger partial charge on any atom is 0.238 e. The van der Waals surface area contributed by atoms with E-state index in [-0.39, 0.29) is 19.0 Å². The van der Waals surface area contributed by atoms with E-state index < -0.39 is 29.0 Å². The summed E-state index contributed by atoms with van der Waals surface area (Å²) in [6, 6.07) is 11.3. The molecule has 0 saturated heterocycles. The molecule has 0 radical (unpaired) electrons. The van der Waals surface area contributed by atoms with Crippen LogP contribution in [0.5, 0.6) is 0 Å². The van der Waals surface area contributed by atoms with E-state index in [0.717, 1.165) is 17.7 Å². The van der Waals surface area contributed by atoms with Gasteiger partial charge in [-0.05, 0) is 31.2 Å². The Morgan fingerprint density at radius 3 is 2.30 bits per heavy atom. The van der Waals surface area contributed by atoms with Crippen molar-refractivity contribution in [2.75, 3.05) is 32.0 Å². The van der Waals surface area contributed by atoms with E-state index in [1.54, 1.807) is 0 Å². The van der Waals surface area contributed by atoms with Crippen molar-refractivity contribution in [2.24, 2.45) is 0 Å². The highest BCUT2D eigenvalue weighted by Crippen LogP contribution is 2.19. The lowest BCUT2D eigenvalue weighted by Gasteiger charge is -2.16. The van der Waals surface area contributed by atoms with Crippen molar-refractivity contribution in [3.8, 4) is 0 Å². The monoisotopic (exact) mass is 379 g/mol. The van der Waals surface area contributed by atoms with Crippen molar-refractivity contribution in [2.45, 2.75) is 6.42 Å². The van der Waals surface area contributed by atoms with Crippen LogP contribution in [0.3, 0.4) is 0 Å². The van der Waals surface area contributed by atoms with Gasteiger partial charge in [-0.1, -0.05) is 30.3 Å². The number of carbonyl (C=O) groups excluding carboxylic acids is 2. The first-order valence-corrected chi connectivity index (χ1v) is 8.29. The van der Waals surface area contributed by atoms with E-state index in [1.807, 2.05) is 30.3 Å². The molecule has 0 aliphatic heterocycles. The SMILES string of the molecule is CN(CC(=O)NCCc1ccccc1)CC(=O)Nc1ccc(F)c(F)c1F. The van der Waals surface area contributed by atoms with Crippen molar-refractivity contribution < 1.29 is 22.8 Å². The topological polar surface area (TPSA) is 61.4 Å². The Morgan fingerprint density at radius 2 is 1.59 bits per heavy atom. The van der Waals surface area contributed by atoms with E-state index in [9.17, 15) is 22.8 Å². The molecule has 5 nitrogen and oxygen atoms in total. The second kappa shape index (κ2) is 9.72. The molecule has 0 spiro atoms. The Kier molecular flexibility index (Phi) is 7.36. The Balaban J connectivity index is 1.74. The van der Waals surface area contributed by atoms with Gasteiger partial charge in [0.05, 0.1) is 18.8 Å². The van der Waals surface area contributed by atoms with Gasteiger partial charge in [0.2, 0.25) is 11.8 Å². The zero-order valence-electron chi connectivity index (χ0n) is 14.8. The predicted octanol–water partition coefficient (Wildman–Crippen LogP) is 2.33. The van der Waals surface area contributed by atoms with Gasteiger partial charge >= 0.3 is 0 Å². The van der Waals surface area contributed by atoms with E-state index in [0.29, 0.717) is 13.0 Å². The van der Waals surface area contributed by atoms with Crippen molar-refractivity contribution in [1.82, 2.24) is 10.2 Å². The van der Waals surface area contributed by atoms with Crippen LogP contribution < -0.4 is 10.6 Å². The number of benzene rings is 2. The molecule has 0 aromatic heterocycles. The molecular formula is C19H20F3N3O2. The molecule has 2 amide bonds. The number of nitrogens with zero attached hydrogens (tertiary/aromatic N) is 1. The zero-order valence-corrected chi connectivity index (χ0v) is 14.8. The lowest BCUT2D eigenvalue weighted by atomic mass is 10.1. The Hall–Kier alpha value is -2.87.